The molecule has 130 valence electrons. The van der Waals surface area contributed by atoms with Crippen LogP contribution >= 0.6 is 23.1 Å². The first-order valence-electron chi connectivity index (χ1n) is 7.91. The normalized spacial score (nSPS) is 11.0. The monoisotopic (exact) mass is 381 g/mol. The van der Waals surface area contributed by atoms with Gasteiger partial charge in [0.25, 0.3) is 11.7 Å². The van der Waals surface area contributed by atoms with Crippen LogP contribution in [-0.2, 0) is 0 Å². The van der Waals surface area contributed by atoms with Gasteiger partial charge >= 0.3 is 0 Å². The Hall–Kier alpha value is -2.71. The molecule has 0 saturated carbocycles. The van der Waals surface area contributed by atoms with Crippen molar-refractivity contribution in [2.45, 2.75) is 23.8 Å². The van der Waals surface area contributed by atoms with Gasteiger partial charge in [-0.15, -0.1) is 11.3 Å². The number of hydrogen-bond acceptors (Lipinski definition) is 6. The van der Waals surface area contributed by atoms with Gasteiger partial charge in [-0.2, -0.15) is 14.6 Å². The van der Waals surface area contributed by atoms with Gasteiger partial charge in [0.2, 0.25) is 0 Å². The van der Waals surface area contributed by atoms with Crippen LogP contribution in [0, 0.1) is 13.8 Å². The van der Waals surface area contributed by atoms with E-state index < -0.39 is 0 Å². The first-order valence-corrected chi connectivity index (χ1v) is 9.61. The van der Waals surface area contributed by atoms with Gasteiger partial charge in [0, 0.05) is 21.8 Å². The van der Waals surface area contributed by atoms with Crippen LogP contribution in [0.1, 0.15) is 20.9 Å². The third-order valence-electron chi connectivity index (χ3n) is 3.93. The summed E-state index contributed by atoms with van der Waals surface area (Å²) >= 11 is 3.02. The SMILES string of the molecule is Cc1nc2ncnn2c(Sc2ccc(NC(=O)c3cccs3)cc2)c1C. The summed E-state index contributed by atoms with van der Waals surface area (Å²) in [5, 5.41) is 10.0. The Bertz CT molecular complexity index is 1070. The number of rotatable bonds is 4. The highest BCUT2D eigenvalue weighted by Crippen LogP contribution is 2.31. The smallest absolute Gasteiger partial charge is 0.265 e. The molecule has 3 aromatic heterocycles. The first-order chi connectivity index (χ1) is 12.6. The van der Waals surface area contributed by atoms with Gasteiger partial charge in [-0.1, -0.05) is 17.8 Å². The summed E-state index contributed by atoms with van der Waals surface area (Å²) in [7, 11) is 0. The van der Waals surface area contributed by atoms with E-state index in [1.807, 2.05) is 55.6 Å². The first kappa shape index (κ1) is 16.7. The predicted molar refractivity (Wildman–Crippen MR) is 103 cm³/mol. The Kier molecular flexibility index (Phi) is 4.44. The van der Waals surface area contributed by atoms with E-state index in [9.17, 15) is 4.79 Å². The number of amides is 1. The van der Waals surface area contributed by atoms with Gasteiger partial charge in [0.15, 0.2) is 0 Å². The van der Waals surface area contributed by atoms with Gasteiger partial charge in [-0.25, -0.2) is 4.98 Å². The van der Waals surface area contributed by atoms with Crippen molar-refractivity contribution in [1.82, 2.24) is 19.6 Å². The lowest BCUT2D eigenvalue weighted by Gasteiger charge is -2.10. The summed E-state index contributed by atoms with van der Waals surface area (Å²) in [4.78, 5) is 22.5. The fraction of sp³-hybridized carbons (Fsp3) is 0.111. The van der Waals surface area contributed by atoms with Crippen molar-refractivity contribution < 1.29 is 4.79 Å². The Morgan fingerprint density at radius 2 is 2.00 bits per heavy atom. The van der Waals surface area contributed by atoms with Crippen molar-refractivity contribution >= 4 is 40.5 Å². The number of aryl methyl sites for hydroxylation is 1. The number of benzene rings is 1. The summed E-state index contributed by atoms with van der Waals surface area (Å²) < 4.78 is 1.75. The minimum atomic E-state index is -0.0923. The summed E-state index contributed by atoms with van der Waals surface area (Å²) in [6.45, 7) is 4.00. The Morgan fingerprint density at radius 3 is 2.73 bits per heavy atom. The molecule has 0 saturated heterocycles. The highest BCUT2D eigenvalue weighted by atomic mass is 32.2. The van der Waals surface area contributed by atoms with E-state index in [1.54, 1.807) is 16.3 Å². The van der Waals surface area contributed by atoms with Crippen molar-refractivity contribution in [2.24, 2.45) is 0 Å². The fourth-order valence-electron chi connectivity index (χ4n) is 2.44. The molecule has 0 unspecified atom stereocenters. The summed E-state index contributed by atoms with van der Waals surface area (Å²) in [5.74, 6) is 0.501. The molecule has 0 bridgehead atoms. The minimum Gasteiger partial charge on any atom is -0.321 e. The number of hydrogen-bond donors (Lipinski definition) is 1. The van der Waals surface area contributed by atoms with Gasteiger partial charge in [-0.3, -0.25) is 4.79 Å². The van der Waals surface area contributed by atoms with Crippen LogP contribution < -0.4 is 5.32 Å². The zero-order chi connectivity index (χ0) is 18.1. The maximum absolute atomic E-state index is 12.1. The minimum absolute atomic E-state index is 0.0923. The highest BCUT2D eigenvalue weighted by molar-refractivity contribution is 7.99. The average Bonchev–Trinajstić information content (AvgIpc) is 3.32. The molecule has 1 aromatic carbocycles. The maximum Gasteiger partial charge on any atom is 0.265 e. The molecule has 0 aliphatic carbocycles. The number of nitrogens with zero attached hydrogens (tertiary/aromatic N) is 4. The van der Waals surface area contributed by atoms with Crippen molar-refractivity contribution in [3.63, 3.8) is 0 Å². The Morgan fingerprint density at radius 1 is 1.19 bits per heavy atom. The number of carbonyl (C=O) groups excluding carboxylic acids is 1. The molecule has 4 rings (SSSR count). The van der Waals surface area contributed by atoms with E-state index in [2.05, 4.69) is 20.4 Å². The van der Waals surface area contributed by atoms with E-state index in [0.29, 0.717) is 10.7 Å². The summed E-state index contributed by atoms with van der Waals surface area (Å²) in [6.07, 6.45) is 1.51. The van der Waals surface area contributed by atoms with Crippen LogP contribution in [0.3, 0.4) is 0 Å². The van der Waals surface area contributed by atoms with Gasteiger partial charge < -0.3 is 5.32 Å². The molecular weight excluding hydrogens is 366 g/mol. The van der Waals surface area contributed by atoms with Crippen LogP contribution in [-0.4, -0.2) is 25.5 Å². The molecule has 1 N–H and O–H groups in total. The van der Waals surface area contributed by atoms with Gasteiger partial charge in [-0.05, 0) is 49.6 Å². The lowest BCUT2D eigenvalue weighted by molar-refractivity contribution is 0.103. The standard InChI is InChI=1S/C18H15N5OS2/c1-11-12(2)21-18-19-10-20-23(18)17(11)26-14-7-5-13(6-8-14)22-16(24)15-4-3-9-25-15/h3-10H,1-2H3,(H,22,24). The average molecular weight is 381 g/mol. The quantitative estimate of drug-likeness (QED) is 0.536. The third-order valence-corrected chi connectivity index (χ3v) is 5.97. The topological polar surface area (TPSA) is 72.2 Å². The van der Waals surface area contributed by atoms with Crippen molar-refractivity contribution in [3.05, 3.63) is 64.2 Å². The predicted octanol–water partition coefficient (Wildman–Crippen LogP) is 4.21. The number of aromatic nitrogens is 4. The molecule has 6 nitrogen and oxygen atoms in total. The van der Waals surface area contributed by atoms with E-state index in [-0.39, 0.29) is 5.91 Å². The molecule has 1 amide bonds. The second-order valence-corrected chi connectivity index (χ2v) is 7.67. The zero-order valence-electron chi connectivity index (χ0n) is 14.1. The van der Waals surface area contributed by atoms with Crippen molar-refractivity contribution in [1.29, 1.82) is 0 Å². The lowest BCUT2D eigenvalue weighted by Crippen LogP contribution is -2.09. The highest BCUT2D eigenvalue weighted by Gasteiger charge is 2.13. The van der Waals surface area contributed by atoms with Crippen LogP contribution in [0.5, 0.6) is 0 Å². The molecule has 0 spiro atoms. The molecule has 0 aliphatic rings. The van der Waals surface area contributed by atoms with Gasteiger partial charge in [0.05, 0.1) is 4.88 Å². The fourth-order valence-corrected chi connectivity index (χ4v) is 4.07. The van der Waals surface area contributed by atoms with Gasteiger partial charge in [0.1, 0.15) is 11.4 Å². The second kappa shape index (κ2) is 6.89. The van der Waals surface area contributed by atoms with Crippen LogP contribution in [0.2, 0.25) is 0 Å². The summed E-state index contributed by atoms with van der Waals surface area (Å²) in [6, 6.07) is 11.4. The largest absolute Gasteiger partial charge is 0.321 e. The van der Waals surface area contributed by atoms with Crippen molar-refractivity contribution in [2.75, 3.05) is 5.32 Å². The molecular formula is C18H15N5OS2. The number of anilines is 1. The zero-order valence-corrected chi connectivity index (χ0v) is 15.8. The van der Waals surface area contributed by atoms with E-state index in [4.69, 9.17) is 0 Å². The Balaban J connectivity index is 1.56. The number of nitrogens with one attached hydrogen (secondary N) is 1. The second-order valence-electron chi connectivity index (χ2n) is 5.66. The third kappa shape index (κ3) is 3.21. The van der Waals surface area contributed by atoms with E-state index in [1.165, 1.54) is 17.7 Å². The molecule has 26 heavy (non-hydrogen) atoms. The number of thiophene rings is 1. The molecule has 8 heteroatoms. The van der Waals surface area contributed by atoms with E-state index in [0.717, 1.165) is 26.9 Å². The van der Waals surface area contributed by atoms with Crippen LogP contribution in [0.25, 0.3) is 5.78 Å². The molecule has 4 aromatic rings. The van der Waals surface area contributed by atoms with E-state index >= 15 is 0 Å². The Labute approximate surface area is 158 Å². The molecule has 0 radical (unpaired) electrons. The van der Waals surface area contributed by atoms with Crippen molar-refractivity contribution in [3.8, 4) is 0 Å². The van der Waals surface area contributed by atoms with Crippen LogP contribution in [0.15, 0.2) is 58.0 Å². The van der Waals surface area contributed by atoms with Crippen LogP contribution in [0.4, 0.5) is 5.69 Å². The molecule has 3 heterocycles. The lowest BCUT2D eigenvalue weighted by atomic mass is 10.3. The molecule has 0 atom stereocenters. The molecule has 0 fully saturated rings. The molecule has 0 aliphatic heterocycles. The number of carbonyl (C=O) groups is 1. The summed E-state index contributed by atoms with van der Waals surface area (Å²) in [5.41, 5.74) is 2.78. The number of fused-ring (bicyclic) bond motifs is 1. The maximum atomic E-state index is 12.1.